The number of nitrogens with zero attached hydrogens (tertiary/aromatic N) is 7. The predicted molar refractivity (Wildman–Crippen MR) is 110 cm³/mol. The van der Waals surface area contributed by atoms with Crippen LogP contribution in [0.4, 0.5) is 5.82 Å². The number of hydrogen-bond acceptors (Lipinski definition) is 6. The molecule has 0 saturated carbocycles. The van der Waals surface area contributed by atoms with Gasteiger partial charge in [0.25, 0.3) is 0 Å². The fraction of sp³-hybridized carbons (Fsp3) is 0.619. The van der Waals surface area contributed by atoms with Crippen molar-refractivity contribution in [2.45, 2.75) is 59.5 Å². The van der Waals surface area contributed by atoms with Gasteiger partial charge < -0.3 is 4.90 Å². The van der Waals surface area contributed by atoms with E-state index in [1.807, 2.05) is 10.9 Å². The molecule has 7 nitrogen and oxygen atoms in total. The zero-order valence-electron chi connectivity index (χ0n) is 17.7. The van der Waals surface area contributed by atoms with Crippen LogP contribution in [0.2, 0.25) is 0 Å². The number of aromatic nitrogens is 4. The molecule has 2 aromatic heterocycles. The Bertz CT molecular complexity index is 849. The summed E-state index contributed by atoms with van der Waals surface area (Å²) >= 11 is 0. The van der Waals surface area contributed by atoms with E-state index >= 15 is 0 Å². The van der Waals surface area contributed by atoms with Crippen molar-refractivity contribution in [3.05, 3.63) is 34.8 Å². The van der Waals surface area contributed by atoms with E-state index in [9.17, 15) is 5.26 Å². The Morgan fingerprint density at radius 2 is 1.79 bits per heavy atom. The summed E-state index contributed by atoms with van der Waals surface area (Å²) < 4.78 is 2.02. The second-order valence-electron chi connectivity index (χ2n) is 8.37. The second-order valence-corrected chi connectivity index (χ2v) is 8.37. The highest BCUT2D eigenvalue weighted by molar-refractivity contribution is 5.58. The standard InChI is InChI=1S/C21H31N7/c1-6-17-18(12-22)20(25-24-19(17)7-2)27-10-8-26(9-11-27)14-16-13-23-28(15-16)21(3,4)5/h13,15H,6-11,14H2,1-5H3. The zero-order chi connectivity index (χ0) is 20.3. The fourth-order valence-electron chi connectivity index (χ4n) is 3.69. The molecule has 0 aliphatic carbocycles. The summed E-state index contributed by atoms with van der Waals surface area (Å²) in [6.07, 6.45) is 5.73. The highest BCUT2D eigenvalue weighted by Crippen LogP contribution is 2.24. The van der Waals surface area contributed by atoms with Crippen LogP contribution in [-0.2, 0) is 24.9 Å². The molecular formula is C21H31N7. The number of nitriles is 1. The van der Waals surface area contributed by atoms with Gasteiger partial charge in [0.05, 0.1) is 17.4 Å². The smallest absolute Gasteiger partial charge is 0.169 e. The van der Waals surface area contributed by atoms with Gasteiger partial charge in [0.15, 0.2) is 5.82 Å². The quantitative estimate of drug-likeness (QED) is 0.793. The van der Waals surface area contributed by atoms with Crippen LogP contribution in [0.1, 0.15) is 57.0 Å². The summed E-state index contributed by atoms with van der Waals surface area (Å²) in [5, 5.41) is 23.0. The lowest BCUT2D eigenvalue weighted by Crippen LogP contribution is -2.46. The van der Waals surface area contributed by atoms with Crippen LogP contribution >= 0.6 is 0 Å². The average Bonchev–Trinajstić information content (AvgIpc) is 3.16. The van der Waals surface area contributed by atoms with Crippen molar-refractivity contribution in [1.82, 2.24) is 24.9 Å². The van der Waals surface area contributed by atoms with Gasteiger partial charge >= 0.3 is 0 Å². The molecule has 0 aromatic carbocycles. The van der Waals surface area contributed by atoms with E-state index in [2.05, 4.69) is 72.0 Å². The number of hydrogen-bond donors (Lipinski definition) is 0. The Morgan fingerprint density at radius 3 is 2.32 bits per heavy atom. The third-order valence-corrected chi connectivity index (χ3v) is 5.34. The van der Waals surface area contributed by atoms with Crippen molar-refractivity contribution in [2.75, 3.05) is 31.1 Å². The topological polar surface area (TPSA) is 73.9 Å². The molecule has 0 amide bonds. The van der Waals surface area contributed by atoms with Gasteiger partial charge in [-0.15, -0.1) is 5.10 Å². The lowest BCUT2D eigenvalue weighted by atomic mass is 10.0. The Hall–Kier alpha value is -2.46. The van der Waals surface area contributed by atoms with Gasteiger partial charge in [-0.25, -0.2) is 0 Å². The first-order valence-corrected chi connectivity index (χ1v) is 10.2. The molecule has 1 aliphatic heterocycles. The van der Waals surface area contributed by atoms with Gasteiger partial charge in [0.2, 0.25) is 0 Å². The largest absolute Gasteiger partial charge is 0.351 e. The number of piperazine rings is 1. The molecule has 0 spiro atoms. The van der Waals surface area contributed by atoms with Crippen LogP contribution in [0.15, 0.2) is 12.4 Å². The van der Waals surface area contributed by atoms with Crippen molar-refractivity contribution >= 4 is 5.82 Å². The maximum absolute atomic E-state index is 9.73. The molecule has 28 heavy (non-hydrogen) atoms. The van der Waals surface area contributed by atoms with Crippen molar-refractivity contribution in [2.24, 2.45) is 0 Å². The van der Waals surface area contributed by atoms with Gasteiger partial charge in [-0.3, -0.25) is 9.58 Å². The molecule has 0 atom stereocenters. The number of rotatable bonds is 5. The van der Waals surface area contributed by atoms with Crippen LogP contribution in [0.5, 0.6) is 0 Å². The van der Waals surface area contributed by atoms with Crippen molar-refractivity contribution in [3.63, 3.8) is 0 Å². The maximum atomic E-state index is 9.73. The van der Waals surface area contributed by atoms with Gasteiger partial charge in [0, 0.05) is 44.5 Å². The summed E-state index contributed by atoms with van der Waals surface area (Å²) in [4.78, 5) is 4.64. The monoisotopic (exact) mass is 381 g/mol. The second kappa shape index (κ2) is 8.27. The van der Waals surface area contributed by atoms with Gasteiger partial charge in [0.1, 0.15) is 11.6 Å². The van der Waals surface area contributed by atoms with Crippen LogP contribution in [0.3, 0.4) is 0 Å². The van der Waals surface area contributed by atoms with E-state index < -0.39 is 0 Å². The molecule has 7 heteroatoms. The van der Waals surface area contributed by atoms with Crippen molar-refractivity contribution in [3.8, 4) is 6.07 Å². The van der Waals surface area contributed by atoms with Gasteiger partial charge in [-0.05, 0) is 39.2 Å². The molecule has 1 aliphatic rings. The Kier molecular flexibility index (Phi) is 5.99. The third kappa shape index (κ3) is 4.17. The highest BCUT2D eigenvalue weighted by Gasteiger charge is 2.24. The van der Waals surface area contributed by atoms with Gasteiger partial charge in [-0.2, -0.15) is 15.5 Å². The normalized spacial score (nSPS) is 15.6. The van der Waals surface area contributed by atoms with E-state index in [4.69, 9.17) is 0 Å². The van der Waals surface area contributed by atoms with E-state index in [0.29, 0.717) is 5.56 Å². The minimum Gasteiger partial charge on any atom is -0.351 e. The number of aryl methyl sites for hydroxylation is 1. The average molecular weight is 382 g/mol. The number of anilines is 1. The summed E-state index contributed by atoms with van der Waals surface area (Å²) in [6, 6.07) is 2.39. The molecule has 0 N–H and O–H groups in total. The zero-order valence-corrected chi connectivity index (χ0v) is 17.7. The first-order chi connectivity index (χ1) is 13.4. The predicted octanol–water partition coefficient (Wildman–Crippen LogP) is 2.75. The minimum atomic E-state index is 0.00491. The molecule has 0 radical (unpaired) electrons. The summed E-state index contributed by atoms with van der Waals surface area (Å²) in [7, 11) is 0. The van der Waals surface area contributed by atoms with Gasteiger partial charge in [-0.1, -0.05) is 13.8 Å². The Balaban J connectivity index is 1.67. The lowest BCUT2D eigenvalue weighted by molar-refractivity contribution is 0.248. The van der Waals surface area contributed by atoms with Crippen molar-refractivity contribution in [1.29, 1.82) is 5.26 Å². The molecule has 3 rings (SSSR count). The summed E-state index contributed by atoms with van der Waals surface area (Å²) in [5.41, 5.74) is 3.94. The SMILES string of the molecule is CCc1nnc(N2CCN(Cc3cnn(C(C)(C)C)c3)CC2)c(C#N)c1CC. The fourth-order valence-corrected chi connectivity index (χ4v) is 3.69. The molecule has 0 bridgehead atoms. The molecule has 1 saturated heterocycles. The van der Waals surface area contributed by atoms with Crippen LogP contribution in [0, 0.1) is 11.3 Å². The molecule has 3 heterocycles. The molecule has 0 unspecified atom stereocenters. The van der Waals surface area contributed by atoms with E-state index in [1.165, 1.54) is 5.56 Å². The van der Waals surface area contributed by atoms with E-state index in [-0.39, 0.29) is 5.54 Å². The van der Waals surface area contributed by atoms with Crippen LogP contribution in [0.25, 0.3) is 0 Å². The third-order valence-electron chi connectivity index (χ3n) is 5.34. The Morgan fingerprint density at radius 1 is 1.07 bits per heavy atom. The molecule has 1 fully saturated rings. The van der Waals surface area contributed by atoms with Crippen LogP contribution in [-0.4, -0.2) is 51.1 Å². The molecular weight excluding hydrogens is 350 g/mol. The Labute approximate surface area is 168 Å². The highest BCUT2D eigenvalue weighted by atomic mass is 15.3. The molecule has 2 aromatic rings. The van der Waals surface area contributed by atoms with E-state index in [1.54, 1.807) is 0 Å². The maximum Gasteiger partial charge on any atom is 0.169 e. The van der Waals surface area contributed by atoms with E-state index in [0.717, 1.165) is 62.6 Å². The molecule has 150 valence electrons. The first-order valence-electron chi connectivity index (χ1n) is 10.2. The first kappa shape index (κ1) is 20.3. The minimum absolute atomic E-state index is 0.00491. The van der Waals surface area contributed by atoms with Crippen molar-refractivity contribution < 1.29 is 0 Å². The summed E-state index contributed by atoms with van der Waals surface area (Å²) in [5.74, 6) is 0.747. The van der Waals surface area contributed by atoms with Crippen LogP contribution < -0.4 is 4.90 Å². The summed E-state index contributed by atoms with van der Waals surface area (Å²) in [6.45, 7) is 15.1. The lowest BCUT2D eigenvalue weighted by Gasteiger charge is -2.35.